The van der Waals surface area contributed by atoms with Gasteiger partial charge in [0, 0.05) is 0 Å². The van der Waals surface area contributed by atoms with Gasteiger partial charge in [-0.1, -0.05) is 26.0 Å². The molecular formula is C17H22BrNO2. The average Bonchev–Trinajstić information content (AvgIpc) is 2.93. The van der Waals surface area contributed by atoms with E-state index in [-0.39, 0.29) is 6.04 Å². The van der Waals surface area contributed by atoms with Gasteiger partial charge in [-0.15, -0.1) is 0 Å². The van der Waals surface area contributed by atoms with Gasteiger partial charge in [0.25, 0.3) is 0 Å². The van der Waals surface area contributed by atoms with E-state index in [9.17, 15) is 0 Å². The van der Waals surface area contributed by atoms with E-state index >= 15 is 0 Å². The minimum Gasteiger partial charge on any atom is -0.494 e. The zero-order chi connectivity index (χ0) is 15.1. The molecule has 114 valence electrons. The number of rotatable bonds is 8. The van der Waals surface area contributed by atoms with Gasteiger partial charge in [0.2, 0.25) is 0 Å². The van der Waals surface area contributed by atoms with Crippen LogP contribution in [-0.2, 0) is 0 Å². The maximum atomic E-state index is 5.72. The van der Waals surface area contributed by atoms with Crippen molar-refractivity contribution in [2.24, 2.45) is 0 Å². The molecule has 0 aliphatic heterocycles. The summed E-state index contributed by atoms with van der Waals surface area (Å²) in [6.45, 7) is 5.96. The monoisotopic (exact) mass is 351 g/mol. The van der Waals surface area contributed by atoms with Gasteiger partial charge in [-0.3, -0.25) is 0 Å². The lowest BCUT2D eigenvalue weighted by Gasteiger charge is -2.17. The molecule has 1 heterocycles. The van der Waals surface area contributed by atoms with Gasteiger partial charge in [-0.25, -0.2) is 0 Å². The van der Waals surface area contributed by atoms with Crippen LogP contribution in [0.4, 0.5) is 0 Å². The predicted molar refractivity (Wildman–Crippen MR) is 88.8 cm³/mol. The first kappa shape index (κ1) is 16.1. The molecule has 0 fully saturated rings. The molecule has 1 aromatic carbocycles. The van der Waals surface area contributed by atoms with Crippen LogP contribution in [0.3, 0.4) is 0 Å². The van der Waals surface area contributed by atoms with Gasteiger partial charge in [0.05, 0.1) is 12.6 Å². The third kappa shape index (κ3) is 4.61. The topological polar surface area (TPSA) is 34.4 Å². The summed E-state index contributed by atoms with van der Waals surface area (Å²) in [5, 5.41) is 3.52. The van der Waals surface area contributed by atoms with Crippen molar-refractivity contribution in [2.75, 3.05) is 13.2 Å². The lowest BCUT2D eigenvalue weighted by Crippen LogP contribution is -2.22. The average molecular weight is 352 g/mol. The molecule has 2 aromatic rings. The molecule has 1 N–H and O–H groups in total. The Hall–Kier alpha value is -1.26. The zero-order valence-electron chi connectivity index (χ0n) is 12.6. The molecule has 0 aliphatic rings. The summed E-state index contributed by atoms with van der Waals surface area (Å²) in [6.07, 6.45) is 2.10. The van der Waals surface area contributed by atoms with Crippen molar-refractivity contribution in [3.63, 3.8) is 0 Å². The molecule has 0 saturated carbocycles. The highest BCUT2D eigenvalue weighted by atomic mass is 79.9. The highest BCUT2D eigenvalue weighted by Crippen LogP contribution is 2.27. The highest BCUT2D eigenvalue weighted by Gasteiger charge is 2.17. The summed E-state index contributed by atoms with van der Waals surface area (Å²) in [7, 11) is 0. The largest absolute Gasteiger partial charge is 0.494 e. The summed E-state index contributed by atoms with van der Waals surface area (Å²) in [4.78, 5) is 0. The SMILES string of the molecule is CCCNC(c1ccc(OCCC)cc1)c1ccc(Br)o1. The third-order valence-electron chi connectivity index (χ3n) is 3.16. The summed E-state index contributed by atoms with van der Waals surface area (Å²) in [5.41, 5.74) is 1.18. The normalized spacial score (nSPS) is 12.3. The lowest BCUT2D eigenvalue weighted by molar-refractivity contribution is 0.317. The van der Waals surface area contributed by atoms with Crippen LogP contribution in [0.5, 0.6) is 5.75 Å². The van der Waals surface area contributed by atoms with E-state index in [1.807, 2.05) is 24.3 Å². The van der Waals surface area contributed by atoms with Gasteiger partial charge in [-0.2, -0.15) is 0 Å². The minimum absolute atomic E-state index is 0.0662. The second kappa shape index (κ2) is 8.25. The molecule has 0 aliphatic carbocycles. The predicted octanol–water partition coefficient (Wildman–Crippen LogP) is 4.92. The van der Waals surface area contributed by atoms with Crippen molar-refractivity contribution in [3.8, 4) is 5.75 Å². The van der Waals surface area contributed by atoms with E-state index in [1.54, 1.807) is 0 Å². The smallest absolute Gasteiger partial charge is 0.169 e. The van der Waals surface area contributed by atoms with Crippen molar-refractivity contribution in [1.82, 2.24) is 5.32 Å². The van der Waals surface area contributed by atoms with E-state index in [2.05, 4.69) is 47.2 Å². The second-order valence-electron chi connectivity index (χ2n) is 4.95. The third-order valence-corrected chi connectivity index (χ3v) is 3.59. The number of ether oxygens (including phenoxy) is 1. The van der Waals surface area contributed by atoms with E-state index in [0.29, 0.717) is 0 Å². The van der Waals surface area contributed by atoms with Crippen LogP contribution in [0.2, 0.25) is 0 Å². The second-order valence-corrected chi connectivity index (χ2v) is 5.73. The van der Waals surface area contributed by atoms with Crippen LogP contribution < -0.4 is 10.1 Å². The minimum atomic E-state index is 0.0662. The molecule has 0 radical (unpaired) electrons. The fraction of sp³-hybridized carbons (Fsp3) is 0.412. The van der Waals surface area contributed by atoms with Crippen LogP contribution in [0, 0.1) is 0 Å². The van der Waals surface area contributed by atoms with Gasteiger partial charge in [0.15, 0.2) is 4.67 Å². The molecule has 21 heavy (non-hydrogen) atoms. The Bertz CT molecular complexity index is 536. The Morgan fingerprint density at radius 3 is 2.43 bits per heavy atom. The van der Waals surface area contributed by atoms with Gasteiger partial charge in [0.1, 0.15) is 11.5 Å². The molecular weight excluding hydrogens is 330 g/mol. The van der Waals surface area contributed by atoms with Crippen LogP contribution in [0.1, 0.15) is 44.1 Å². The van der Waals surface area contributed by atoms with Crippen LogP contribution >= 0.6 is 15.9 Å². The Balaban J connectivity index is 2.16. The number of halogens is 1. The summed E-state index contributed by atoms with van der Waals surface area (Å²) in [6, 6.07) is 12.2. The molecule has 4 heteroatoms. The molecule has 0 saturated heterocycles. The first-order valence-electron chi connectivity index (χ1n) is 7.46. The van der Waals surface area contributed by atoms with Crippen molar-refractivity contribution < 1.29 is 9.15 Å². The summed E-state index contributed by atoms with van der Waals surface area (Å²) < 4.78 is 12.1. The Morgan fingerprint density at radius 2 is 1.86 bits per heavy atom. The molecule has 1 unspecified atom stereocenters. The van der Waals surface area contributed by atoms with Crippen molar-refractivity contribution >= 4 is 15.9 Å². The summed E-state index contributed by atoms with van der Waals surface area (Å²) >= 11 is 3.37. The molecule has 1 atom stereocenters. The maximum absolute atomic E-state index is 5.72. The van der Waals surface area contributed by atoms with Crippen molar-refractivity contribution in [2.45, 2.75) is 32.7 Å². The standard InChI is InChI=1S/C17H22BrNO2/c1-3-11-19-17(15-9-10-16(18)21-15)13-5-7-14(8-6-13)20-12-4-2/h5-10,17,19H,3-4,11-12H2,1-2H3. The summed E-state index contributed by atoms with van der Waals surface area (Å²) in [5.74, 6) is 1.83. The number of hydrogen-bond acceptors (Lipinski definition) is 3. The first-order valence-corrected chi connectivity index (χ1v) is 8.25. The van der Waals surface area contributed by atoms with E-state index in [1.165, 1.54) is 5.56 Å². The van der Waals surface area contributed by atoms with Crippen LogP contribution in [-0.4, -0.2) is 13.2 Å². The van der Waals surface area contributed by atoms with Crippen LogP contribution in [0.25, 0.3) is 0 Å². The lowest BCUT2D eigenvalue weighted by atomic mass is 10.0. The number of furan rings is 1. The number of nitrogens with one attached hydrogen (secondary N) is 1. The van der Waals surface area contributed by atoms with Crippen LogP contribution in [0.15, 0.2) is 45.5 Å². The molecule has 2 rings (SSSR count). The quantitative estimate of drug-likeness (QED) is 0.732. The zero-order valence-corrected chi connectivity index (χ0v) is 14.2. The fourth-order valence-electron chi connectivity index (χ4n) is 2.13. The van der Waals surface area contributed by atoms with Gasteiger partial charge >= 0.3 is 0 Å². The fourth-order valence-corrected chi connectivity index (χ4v) is 2.45. The van der Waals surface area contributed by atoms with Gasteiger partial charge in [-0.05, 0) is 65.1 Å². The molecule has 0 spiro atoms. The Kier molecular flexibility index (Phi) is 6.33. The maximum Gasteiger partial charge on any atom is 0.169 e. The molecule has 1 aromatic heterocycles. The van der Waals surface area contributed by atoms with Gasteiger partial charge < -0.3 is 14.5 Å². The molecule has 3 nitrogen and oxygen atoms in total. The number of hydrogen-bond donors (Lipinski definition) is 1. The van der Waals surface area contributed by atoms with E-state index in [4.69, 9.17) is 9.15 Å². The number of benzene rings is 1. The molecule has 0 bridgehead atoms. The molecule has 0 amide bonds. The van der Waals surface area contributed by atoms with E-state index < -0.39 is 0 Å². The van der Waals surface area contributed by atoms with E-state index in [0.717, 1.165) is 42.2 Å². The highest BCUT2D eigenvalue weighted by molar-refractivity contribution is 9.10. The van der Waals surface area contributed by atoms with Crippen molar-refractivity contribution in [1.29, 1.82) is 0 Å². The Labute approximate surface area is 134 Å². The Morgan fingerprint density at radius 1 is 1.10 bits per heavy atom. The van der Waals surface area contributed by atoms with Crippen molar-refractivity contribution in [3.05, 3.63) is 52.4 Å². The first-order chi connectivity index (χ1) is 10.2.